The van der Waals surface area contributed by atoms with Gasteiger partial charge in [-0.15, -0.1) is 0 Å². The molecule has 0 saturated carbocycles. The maximum Gasteiger partial charge on any atom is 2.00 e. The number of hydrogen-bond acceptors (Lipinski definition) is 2. The van der Waals surface area contributed by atoms with Gasteiger partial charge in [0.2, 0.25) is 0 Å². The molecule has 0 aliphatic heterocycles. The molecule has 4 heteroatoms. The summed E-state index contributed by atoms with van der Waals surface area (Å²) in [7, 11) is 0. The van der Waals surface area contributed by atoms with Gasteiger partial charge in [0, 0.05) is 0 Å². The van der Waals surface area contributed by atoms with Crippen LogP contribution in [0.25, 0.3) is 0 Å². The van der Waals surface area contributed by atoms with E-state index in [1.54, 1.807) is 0 Å². The summed E-state index contributed by atoms with van der Waals surface area (Å²) in [5.74, 6) is -1.23. The van der Waals surface area contributed by atoms with Crippen LogP contribution in [0.5, 0.6) is 0 Å². The maximum absolute atomic E-state index is 9.14. The predicted octanol–water partition coefficient (Wildman–Crippen LogP) is -4.45. The molecule has 0 saturated heterocycles. The first-order valence-electron chi connectivity index (χ1n) is 1.11. The van der Waals surface area contributed by atoms with Crippen molar-refractivity contribution in [1.29, 1.82) is 0 Å². The molecule has 0 spiro atoms. The first-order chi connectivity index (χ1) is 2.27. The molecule has 0 unspecified atom stereocenters. The van der Waals surface area contributed by atoms with Crippen LogP contribution in [0.2, 0.25) is 0 Å². The monoisotopic (exact) mass is 146 g/mol. The van der Waals surface area contributed by atoms with Crippen molar-refractivity contribution in [1.82, 2.24) is 0 Å². The van der Waals surface area contributed by atoms with Crippen LogP contribution >= 0.6 is 0 Å². The number of rotatable bonds is 1. The Morgan fingerprint density at radius 3 is 1.86 bits per heavy atom. The fourth-order valence-electron chi connectivity index (χ4n) is 0. The molecule has 7 heavy (non-hydrogen) atoms. The Balaban J connectivity index is -0.0000000800. The third-order valence-electron chi connectivity index (χ3n) is 0.167. The van der Waals surface area contributed by atoms with E-state index in [2.05, 4.69) is 6.58 Å². The van der Waals surface area contributed by atoms with Crippen LogP contribution < -0.4 is 17.5 Å². The van der Waals surface area contributed by atoms with Crippen molar-refractivity contribution >= 4 is 43.7 Å². The molecule has 0 amide bonds. The fraction of sp³-hybridized carbons (Fsp3) is 0. The van der Waals surface area contributed by atoms with Crippen LogP contribution in [0, 0.1) is 0 Å². The number of aliphatic carboxylic acids is 1. The maximum atomic E-state index is 9.14. The van der Waals surface area contributed by atoms with Gasteiger partial charge in [0.05, 0.1) is 5.97 Å². The van der Waals surface area contributed by atoms with Gasteiger partial charge >= 0.3 is 37.7 Å². The zero-order valence-electron chi connectivity index (χ0n) is 3.69. The van der Waals surface area contributed by atoms with E-state index in [0.717, 1.165) is 6.08 Å². The van der Waals surface area contributed by atoms with Gasteiger partial charge in [0.15, 0.2) is 0 Å². The smallest absolute Gasteiger partial charge is 1.00 e. The van der Waals surface area contributed by atoms with E-state index < -0.39 is 5.97 Å². The number of carboxylic acid groups (broad SMARTS) is 1. The zero-order chi connectivity index (χ0) is 4.28. The summed E-state index contributed by atoms with van der Waals surface area (Å²) in [6, 6.07) is 0. The molecule has 0 aromatic heterocycles. The Morgan fingerprint density at radius 2 is 1.86 bits per heavy atom. The second kappa shape index (κ2) is 9.90. The Labute approximate surface area is 78.0 Å². The van der Waals surface area contributed by atoms with Gasteiger partial charge in [0.1, 0.15) is 0 Å². The van der Waals surface area contributed by atoms with Crippen molar-refractivity contribution in [2.24, 2.45) is 0 Å². The molecule has 0 atom stereocenters. The second-order valence-corrected chi connectivity index (χ2v) is 0.523. The van der Waals surface area contributed by atoms with Gasteiger partial charge in [-0.05, 0) is 6.08 Å². The Bertz CT molecular complexity index is 64.0. The van der Waals surface area contributed by atoms with E-state index in [1.165, 1.54) is 0 Å². The second-order valence-electron chi connectivity index (χ2n) is 0.523. The average molecular weight is 147 g/mol. The Morgan fingerprint density at radius 1 is 1.71 bits per heavy atom. The van der Waals surface area contributed by atoms with Gasteiger partial charge in [-0.25, -0.2) is 0 Å². The number of carboxylic acids is 1. The molecule has 0 heterocycles. The van der Waals surface area contributed by atoms with Crippen molar-refractivity contribution in [3.8, 4) is 0 Å². The third-order valence-corrected chi connectivity index (χ3v) is 0.167. The van der Waals surface area contributed by atoms with Gasteiger partial charge in [-0.1, -0.05) is 6.58 Å². The normalized spacial score (nSPS) is 4.57. The molecule has 0 aromatic rings. The molecular formula is C3H3CaClO2. The van der Waals surface area contributed by atoms with Crippen LogP contribution in [0.4, 0.5) is 0 Å². The number of halogens is 1. The van der Waals surface area contributed by atoms with Crippen LogP contribution in [0.15, 0.2) is 12.7 Å². The topological polar surface area (TPSA) is 40.1 Å². The molecule has 0 aromatic carbocycles. The molecule has 0 aliphatic carbocycles. The fourth-order valence-corrected chi connectivity index (χ4v) is 0. The predicted molar refractivity (Wildman–Crippen MR) is 21.0 cm³/mol. The molecular weight excluding hydrogens is 144 g/mol. The van der Waals surface area contributed by atoms with E-state index in [4.69, 9.17) is 9.90 Å². The van der Waals surface area contributed by atoms with E-state index in [-0.39, 0.29) is 50.1 Å². The molecule has 0 N–H and O–H groups in total. The molecule has 0 rings (SSSR count). The van der Waals surface area contributed by atoms with Crippen molar-refractivity contribution < 1.29 is 22.3 Å². The third kappa shape index (κ3) is 20.1. The van der Waals surface area contributed by atoms with Crippen molar-refractivity contribution in [3.63, 3.8) is 0 Å². The minimum Gasteiger partial charge on any atom is -1.00 e. The van der Waals surface area contributed by atoms with Crippen molar-refractivity contribution in [3.05, 3.63) is 12.7 Å². The Kier molecular flexibility index (Phi) is 22.1. The van der Waals surface area contributed by atoms with Gasteiger partial charge in [0.25, 0.3) is 0 Å². The summed E-state index contributed by atoms with van der Waals surface area (Å²) in [5, 5.41) is 9.14. The van der Waals surface area contributed by atoms with Crippen molar-refractivity contribution in [2.45, 2.75) is 0 Å². The van der Waals surface area contributed by atoms with Crippen LogP contribution in [0.1, 0.15) is 0 Å². The van der Waals surface area contributed by atoms with Crippen LogP contribution in [-0.2, 0) is 4.79 Å². The van der Waals surface area contributed by atoms with Crippen molar-refractivity contribution in [2.75, 3.05) is 0 Å². The van der Waals surface area contributed by atoms with E-state index in [0.29, 0.717) is 0 Å². The van der Waals surface area contributed by atoms with E-state index >= 15 is 0 Å². The zero-order valence-corrected chi connectivity index (χ0v) is 6.65. The van der Waals surface area contributed by atoms with Gasteiger partial charge < -0.3 is 22.3 Å². The van der Waals surface area contributed by atoms with E-state index in [1.807, 2.05) is 0 Å². The van der Waals surface area contributed by atoms with Gasteiger partial charge in [-0.2, -0.15) is 0 Å². The number of carbonyl (C=O) groups is 1. The first kappa shape index (κ1) is 15.7. The molecule has 0 radical (unpaired) electrons. The Hall–Kier alpha value is 0.760. The summed E-state index contributed by atoms with van der Waals surface area (Å²) in [5.41, 5.74) is 0. The summed E-state index contributed by atoms with van der Waals surface area (Å²) in [4.78, 5) is 9.14. The molecule has 2 nitrogen and oxygen atoms in total. The minimum absolute atomic E-state index is 0. The van der Waals surface area contributed by atoms with Crippen LogP contribution in [-0.4, -0.2) is 43.7 Å². The number of carbonyl (C=O) groups excluding carboxylic acids is 1. The quantitative estimate of drug-likeness (QED) is 0.277. The molecule has 0 fully saturated rings. The summed E-state index contributed by atoms with van der Waals surface area (Å²) < 4.78 is 0. The molecule has 0 bridgehead atoms. The average Bonchev–Trinajstić information content (AvgIpc) is 1.38. The summed E-state index contributed by atoms with van der Waals surface area (Å²) >= 11 is 0. The van der Waals surface area contributed by atoms with Crippen LogP contribution in [0.3, 0.4) is 0 Å². The van der Waals surface area contributed by atoms with E-state index in [9.17, 15) is 0 Å². The summed E-state index contributed by atoms with van der Waals surface area (Å²) in [6.45, 7) is 2.90. The first-order valence-corrected chi connectivity index (χ1v) is 1.11. The molecule has 36 valence electrons. The molecule has 0 aliphatic rings. The van der Waals surface area contributed by atoms with Gasteiger partial charge in [-0.3, -0.25) is 0 Å². The number of hydrogen-bond donors (Lipinski definition) is 0. The summed E-state index contributed by atoms with van der Waals surface area (Å²) in [6.07, 6.45) is 0.722. The standard InChI is InChI=1S/C3H4O2.Ca.ClH/c1-2-3(4)5;;/h2H,1H2,(H,4,5);;1H/q;+2;/p-2. The minimum atomic E-state index is -1.23. The largest absolute Gasteiger partial charge is 2.00 e. The SMILES string of the molecule is C=CC(=O)[O-].[Ca+2].[Cl-].